The van der Waals surface area contributed by atoms with Gasteiger partial charge in [0.2, 0.25) is 5.56 Å². The molecule has 0 saturated heterocycles. The van der Waals surface area contributed by atoms with E-state index in [2.05, 4.69) is 36.4 Å². The molecule has 1 aromatic heterocycles. The smallest absolute Gasteiger partial charge is 0.250 e. The van der Waals surface area contributed by atoms with E-state index in [9.17, 15) is 4.79 Å². The van der Waals surface area contributed by atoms with Gasteiger partial charge in [-0.3, -0.25) is 9.79 Å². The molecule has 0 aromatic carbocycles. The Balaban J connectivity index is 0.00000484. The van der Waals surface area contributed by atoms with Crippen molar-refractivity contribution in [2.24, 2.45) is 10.9 Å². The zero-order valence-corrected chi connectivity index (χ0v) is 16.9. The second kappa shape index (κ2) is 13.4. The summed E-state index contributed by atoms with van der Waals surface area (Å²) in [5, 5.41) is 6.61. The summed E-state index contributed by atoms with van der Waals surface area (Å²) in [6.45, 7) is 9.86. The highest BCUT2D eigenvalue weighted by Gasteiger charge is 1.98. The van der Waals surface area contributed by atoms with E-state index in [4.69, 9.17) is 0 Å². The summed E-state index contributed by atoms with van der Waals surface area (Å²) in [5.41, 5.74) is 0.0645. The Morgan fingerprint density at radius 2 is 2.04 bits per heavy atom. The number of aromatic nitrogens is 1. The predicted octanol–water partition coefficient (Wildman–Crippen LogP) is 2.85. The molecule has 0 atom stereocenters. The van der Waals surface area contributed by atoms with Gasteiger partial charge in [-0.1, -0.05) is 19.9 Å². The maximum Gasteiger partial charge on any atom is 0.250 e. The van der Waals surface area contributed by atoms with E-state index in [1.807, 2.05) is 12.3 Å². The fraction of sp³-hybridized carbons (Fsp3) is 0.647. The third-order valence-corrected chi connectivity index (χ3v) is 3.33. The number of hydrogen-bond donors (Lipinski definition) is 2. The second-order valence-corrected chi connectivity index (χ2v) is 5.81. The fourth-order valence-electron chi connectivity index (χ4n) is 2.05. The van der Waals surface area contributed by atoms with Crippen molar-refractivity contribution in [1.29, 1.82) is 0 Å². The number of rotatable bonds is 9. The van der Waals surface area contributed by atoms with Crippen LogP contribution >= 0.6 is 24.0 Å². The highest BCUT2D eigenvalue weighted by atomic mass is 127. The Bertz CT molecular complexity index is 499. The van der Waals surface area contributed by atoms with Gasteiger partial charge in [-0.05, 0) is 38.2 Å². The van der Waals surface area contributed by atoms with E-state index in [0.29, 0.717) is 5.92 Å². The van der Waals surface area contributed by atoms with Gasteiger partial charge in [-0.25, -0.2) is 0 Å². The molecule has 2 N–H and O–H groups in total. The molecule has 0 aliphatic heterocycles. The summed E-state index contributed by atoms with van der Waals surface area (Å²) in [7, 11) is 0. The van der Waals surface area contributed by atoms with Crippen LogP contribution in [0.25, 0.3) is 0 Å². The second-order valence-electron chi connectivity index (χ2n) is 5.81. The molecule has 0 bridgehead atoms. The van der Waals surface area contributed by atoms with Gasteiger partial charge in [-0.2, -0.15) is 0 Å². The molecule has 6 heteroatoms. The van der Waals surface area contributed by atoms with Crippen LogP contribution in [-0.2, 0) is 6.54 Å². The highest BCUT2D eigenvalue weighted by molar-refractivity contribution is 14.0. The molecule has 0 spiro atoms. The fourth-order valence-corrected chi connectivity index (χ4v) is 2.05. The van der Waals surface area contributed by atoms with E-state index >= 15 is 0 Å². The van der Waals surface area contributed by atoms with Crippen molar-refractivity contribution in [3.05, 3.63) is 34.7 Å². The Morgan fingerprint density at radius 1 is 1.26 bits per heavy atom. The molecule has 0 fully saturated rings. The monoisotopic (exact) mass is 434 g/mol. The van der Waals surface area contributed by atoms with E-state index in [1.165, 1.54) is 0 Å². The van der Waals surface area contributed by atoms with Gasteiger partial charge >= 0.3 is 0 Å². The molecule has 1 rings (SSSR count). The average Bonchev–Trinajstić information content (AvgIpc) is 2.48. The van der Waals surface area contributed by atoms with Crippen molar-refractivity contribution in [2.45, 2.75) is 46.6 Å². The highest BCUT2D eigenvalue weighted by Crippen LogP contribution is 1.97. The molecule has 132 valence electrons. The van der Waals surface area contributed by atoms with Crippen LogP contribution in [0.15, 0.2) is 34.2 Å². The molecule has 0 aliphatic rings. The Hall–Kier alpha value is -1.05. The van der Waals surface area contributed by atoms with Gasteiger partial charge in [0.25, 0.3) is 0 Å². The SMILES string of the molecule is CCNC(=NCCCCn1ccccc1=O)NCCC(C)C.I. The molecule has 0 unspecified atom stereocenters. The first-order chi connectivity index (χ1) is 10.6. The van der Waals surface area contributed by atoms with Crippen LogP contribution in [0.4, 0.5) is 0 Å². The Morgan fingerprint density at radius 3 is 2.70 bits per heavy atom. The Kier molecular flexibility index (Phi) is 12.8. The third kappa shape index (κ3) is 10.4. The number of nitrogens with zero attached hydrogens (tertiary/aromatic N) is 2. The van der Waals surface area contributed by atoms with Gasteiger partial charge < -0.3 is 15.2 Å². The normalized spacial score (nSPS) is 11.2. The first-order valence-corrected chi connectivity index (χ1v) is 8.31. The molecule has 5 nitrogen and oxygen atoms in total. The maximum absolute atomic E-state index is 11.6. The molecule has 1 heterocycles. The number of unbranched alkanes of at least 4 members (excludes halogenated alkanes) is 1. The van der Waals surface area contributed by atoms with E-state index in [-0.39, 0.29) is 29.5 Å². The lowest BCUT2D eigenvalue weighted by Crippen LogP contribution is -2.38. The zero-order valence-electron chi connectivity index (χ0n) is 14.5. The van der Waals surface area contributed by atoms with Gasteiger partial charge in [0, 0.05) is 38.4 Å². The van der Waals surface area contributed by atoms with Crippen molar-refractivity contribution in [2.75, 3.05) is 19.6 Å². The predicted molar refractivity (Wildman–Crippen MR) is 109 cm³/mol. The lowest BCUT2D eigenvalue weighted by molar-refractivity contribution is 0.572. The van der Waals surface area contributed by atoms with Crippen molar-refractivity contribution in [3.63, 3.8) is 0 Å². The molecular formula is C17H31IN4O. The number of nitrogens with one attached hydrogen (secondary N) is 2. The molecular weight excluding hydrogens is 403 g/mol. The van der Waals surface area contributed by atoms with Gasteiger partial charge in [0.1, 0.15) is 0 Å². The molecule has 23 heavy (non-hydrogen) atoms. The summed E-state index contributed by atoms with van der Waals surface area (Å²) in [6.07, 6.45) is 4.91. The lowest BCUT2D eigenvalue weighted by atomic mass is 10.1. The molecule has 0 radical (unpaired) electrons. The summed E-state index contributed by atoms with van der Waals surface area (Å²) in [6, 6.07) is 5.26. The van der Waals surface area contributed by atoms with Gasteiger partial charge in [0.05, 0.1) is 0 Å². The third-order valence-electron chi connectivity index (χ3n) is 3.33. The number of hydrogen-bond acceptors (Lipinski definition) is 2. The Labute approximate surface area is 157 Å². The summed E-state index contributed by atoms with van der Waals surface area (Å²) < 4.78 is 1.75. The number of halogens is 1. The van der Waals surface area contributed by atoms with Crippen LogP contribution in [0.1, 0.15) is 40.0 Å². The maximum atomic E-state index is 11.6. The minimum atomic E-state index is 0. The molecule has 0 saturated carbocycles. The minimum Gasteiger partial charge on any atom is -0.357 e. The summed E-state index contributed by atoms with van der Waals surface area (Å²) >= 11 is 0. The van der Waals surface area contributed by atoms with Crippen molar-refractivity contribution in [1.82, 2.24) is 15.2 Å². The van der Waals surface area contributed by atoms with E-state index < -0.39 is 0 Å². The number of guanidine groups is 1. The minimum absolute atomic E-state index is 0. The quantitative estimate of drug-likeness (QED) is 0.272. The zero-order chi connectivity index (χ0) is 16.2. The van der Waals surface area contributed by atoms with Crippen molar-refractivity contribution >= 4 is 29.9 Å². The topological polar surface area (TPSA) is 58.4 Å². The van der Waals surface area contributed by atoms with Crippen molar-refractivity contribution in [3.8, 4) is 0 Å². The van der Waals surface area contributed by atoms with Crippen molar-refractivity contribution < 1.29 is 0 Å². The molecule has 1 aromatic rings. The van der Waals surface area contributed by atoms with Gasteiger partial charge in [0.15, 0.2) is 5.96 Å². The van der Waals surface area contributed by atoms with Crippen LogP contribution in [0.2, 0.25) is 0 Å². The van der Waals surface area contributed by atoms with Crippen LogP contribution in [0.3, 0.4) is 0 Å². The molecule has 0 amide bonds. The standard InChI is InChI=1S/C17H30N4O.HI/c1-4-18-17(20-12-10-15(2)3)19-11-6-8-14-21-13-7-5-9-16(21)22;/h5,7,9,13,15H,4,6,8,10-12,14H2,1-3H3,(H2,18,19,20);1H. The average molecular weight is 434 g/mol. The summed E-state index contributed by atoms with van der Waals surface area (Å²) in [4.78, 5) is 16.1. The lowest BCUT2D eigenvalue weighted by Gasteiger charge is -2.12. The molecule has 0 aliphatic carbocycles. The van der Waals surface area contributed by atoms with Crippen LogP contribution in [0.5, 0.6) is 0 Å². The number of aliphatic imine (C=N–C) groups is 1. The van der Waals surface area contributed by atoms with Crippen LogP contribution < -0.4 is 16.2 Å². The van der Waals surface area contributed by atoms with Crippen LogP contribution in [-0.4, -0.2) is 30.2 Å². The largest absolute Gasteiger partial charge is 0.357 e. The first kappa shape index (κ1) is 21.9. The van der Waals surface area contributed by atoms with E-state index in [0.717, 1.165) is 51.4 Å². The number of pyridine rings is 1. The van der Waals surface area contributed by atoms with Gasteiger partial charge in [-0.15, -0.1) is 24.0 Å². The first-order valence-electron chi connectivity index (χ1n) is 8.31. The van der Waals surface area contributed by atoms with E-state index in [1.54, 1.807) is 16.7 Å². The van der Waals surface area contributed by atoms with Crippen LogP contribution in [0, 0.1) is 5.92 Å². The summed E-state index contributed by atoms with van der Waals surface area (Å²) in [5.74, 6) is 1.58. The number of aryl methyl sites for hydroxylation is 1.